The molecule has 1 aromatic heterocycles. The first-order valence-corrected chi connectivity index (χ1v) is 6.25. The molecular weight excluding hydrogens is 242 g/mol. The first kappa shape index (κ1) is 13.9. The molecule has 0 aliphatic carbocycles. The van der Waals surface area contributed by atoms with Gasteiger partial charge in [-0.05, 0) is 6.42 Å². The average molecular weight is 259 g/mol. The minimum absolute atomic E-state index is 0.338. The van der Waals surface area contributed by atoms with Crippen LogP contribution in [0.5, 0.6) is 0 Å². The van der Waals surface area contributed by atoms with Crippen molar-refractivity contribution in [3.63, 3.8) is 0 Å². The number of rotatable bonds is 8. The normalized spacial score (nSPS) is 12.4. The molecule has 2 N–H and O–H groups in total. The largest absolute Gasteiger partial charge is 0.480 e. The Morgan fingerprint density at radius 1 is 1.65 bits per heavy atom. The highest BCUT2D eigenvalue weighted by molar-refractivity contribution is 7.09. The Morgan fingerprint density at radius 2 is 2.41 bits per heavy atom. The van der Waals surface area contributed by atoms with Gasteiger partial charge >= 0.3 is 5.97 Å². The summed E-state index contributed by atoms with van der Waals surface area (Å²) in [6, 6.07) is -0.599. The second kappa shape index (κ2) is 7.18. The summed E-state index contributed by atoms with van der Waals surface area (Å²) in [5.74, 6) is -0.290. The monoisotopic (exact) mass is 259 g/mol. The van der Waals surface area contributed by atoms with Crippen molar-refractivity contribution in [2.75, 3.05) is 12.4 Å². The number of hydrogen-bond donors (Lipinski definition) is 2. The summed E-state index contributed by atoms with van der Waals surface area (Å²) in [4.78, 5) is 15.1. The highest BCUT2D eigenvalue weighted by atomic mass is 32.1. The quantitative estimate of drug-likeness (QED) is 0.739. The lowest BCUT2D eigenvalue weighted by Crippen LogP contribution is -2.29. The van der Waals surface area contributed by atoms with Crippen LogP contribution in [0.3, 0.4) is 0 Å². The topological polar surface area (TPSA) is 84.3 Å². The number of carboxylic acid groups (broad SMARTS) is 1. The van der Waals surface area contributed by atoms with Gasteiger partial charge in [-0.3, -0.25) is 0 Å². The number of carboxylic acids is 1. The van der Waals surface area contributed by atoms with Gasteiger partial charge in [0.1, 0.15) is 12.6 Å². The third kappa shape index (κ3) is 4.66. The molecule has 0 fully saturated rings. The van der Waals surface area contributed by atoms with Gasteiger partial charge < -0.3 is 15.2 Å². The van der Waals surface area contributed by atoms with Crippen molar-refractivity contribution in [2.24, 2.45) is 0 Å². The summed E-state index contributed by atoms with van der Waals surface area (Å²) in [6.45, 7) is 2.37. The number of unbranched alkanes of at least 4 members (excludes halogenated alkanes) is 1. The van der Waals surface area contributed by atoms with E-state index < -0.39 is 12.0 Å². The van der Waals surface area contributed by atoms with Gasteiger partial charge in [0.05, 0.1) is 0 Å². The Morgan fingerprint density at radius 3 is 3.00 bits per heavy atom. The molecule has 1 atom stereocenters. The maximum absolute atomic E-state index is 11.0. The number of anilines is 1. The minimum atomic E-state index is -0.859. The second-order valence-corrected chi connectivity index (χ2v) is 4.38. The van der Waals surface area contributed by atoms with Crippen LogP contribution < -0.4 is 5.32 Å². The van der Waals surface area contributed by atoms with Crippen LogP contribution in [0.15, 0.2) is 0 Å². The predicted octanol–water partition coefficient (Wildman–Crippen LogP) is 1.74. The Kier molecular flexibility index (Phi) is 5.85. The summed E-state index contributed by atoms with van der Waals surface area (Å²) >= 11 is 1.15. The smallest absolute Gasteiger partial charge is 0.326 e. The summed E-state index contributed by atoms with van der Waals surface area (Å²) in [7, 11) is 1.56. The highest BCUT2D eigenvalue weighted by Crippen LogP contribution is 2.15. The minimum Gasteiger partial charge on any atom is -0.480 e. The van der Waals surface area contributed by atoms with E-state index in [0.29, 0.717) is 24.0 Å². The molecule has 0 amide bonds. The van der Waals surface area contributed by atoms with Crippen molar-refractivity contribution >= 4 is 22.6 Å². The molecule has 96 valence electrons. The molecule has 17 heavy (non-hydrogen) atoms. The molecule has 0 spiro atoms. The molecule has 0 bridgehead atoms. The molecule has 0 radical (unpaired) electrons. The number of nitrogens with one attached hydrogen (secondary N) is 1. The molecule has 7 heteroatoms. The maximum atomic E-state index is 11.0. The van der Waals surface area contributed by atoms with Crippen LogP contribution in [0.1, 0.15) is 32.0 Å². The number of aromatic nitrogens is 2. The van der Waals surface area contributed by atoms with Gasteiger partial charge in [0.15, 0.2) is 5.82 Å². The van der Waals surface area contributed by atoms with Crippen molar-refractivity contribution in [3.05, 3.63) is 5.82 Å². The fourth-order valence-electron chi connectivity index (χ4n) is 1.31. The van der Waals surface area contributed by atoms with E-state index in [4.69, 9.17) is 9.84 Å². The number of nitrogens with zero attached hydrogens (tertiary/aromatic N) is 2. The lowest BCUT2D eigenvalue weighted by atomic mass is 10.1. The number of methoxy groups -OCH3 is 1. The predicted molar refractivity (Wildman–Crippen MR) is 65.2 cm³/mol. The molecule has 0 aromatic carbocycles. The standard InChI is InChI=1S/C10H17N3O3S/c1-3-4-5-7(9(14)15)11-10-12-8(6-16-2)13-17-10/h7H,3-6H2,1-2H3,(H,14,15)(H,11,12,13). The molecule has 0 aliphatic rings. The third-order valence-corrected chi connectivity index (χ3v) is 2.87. The van der Waals surface area contributed by atoms with Crippen LogP contribution in [0.4, 0.5) is 5.13 Å². The van der Waals surface area contributed by atoms with Crippen LogP contribution in [0, 0.1) is 0 Å². The maximum Gasteiger partial charge on any atom is 0.326 e. The van der Waals surface area contributed by atoms with Crippen molar-refractivity contribution in [1.29, 1.82) is 0 Å². The van der Waals surface area contributed by atoms with Gasteiger partial charge in [-0.15, -0.1) is 0 Å². The van der Waals surface area contributed by atoms with E-state index in [1.54, 1.807) is 7.11 Å². The second-order valence-electron chi connectivity index (χ2n) is 3.63. The zero-order chi connectivity index (χ0) is 12.7. The Hall–Kier alpha value is -1.21. The zero-order valence-electron chi connectivity index (χ0n) is 9.97. The molecule has 0 saturated carbocycles. The number of carbonyl (C=O) groups is 1. The highest BCUT2D eigenvalue weighted by Gasteiger charge is 2.18. The molecular formula is C10H17N3O3S. The van der Waals surface area contributed by atoms with E-state index in [1.807, 2.05) is 6.92 Å². The Bertz CT molecular complexity index is 356. The summed E-state index contributed by atoms with van der Waals surface area (Å²) in [5.41, 5.74) is 0. The van der Waals surface area contributed by atoms with E-state index in [9.17, 15) is 4.79 Å². The molecule has 0 saturated heterocycles. The zero-order valence-corrected chi connectivity index (χ0v) is 10.8. The van der Waals surface area contributed by atoms with Gasteiger partial charge in [0, 0.05) is 18.6 Å². The van der Waals surface area contributed by atoms with Crippen molar-refractivity contribution in [2.45, 2.75) is 38.8 Å². The van der Waals surface area contributed by atoms with Gasteiger partial charge in [-0.25, -0.2) is 9.78 Å². The van der Waals surface area contributed by atoms with E-state index >= 15 is 0 Å². The van der Waals surface area contributed by atoms with Gasteiger partial charge in [-0.2, -0.15) is 4.37 Å². The fraction of sp³-hybridized carbons (Fsp3) is 0.700. The molecule has 1 unspecified atom stereocenters. The molecule has 1 rings (SSSR count). The van der Waals surface area contributed by atoms with Crippen molar-refractivity contribution < 1.29 is 14.6 Å². The summed E-state index contributed by atoms with van der Waals surface area (Å²) in [6.07, 6.45) is 2.43. The fourth-order valence-corrected chi connectivity index (χ4v) is 1.94. The lowest BCUT2D eigenvalue weighted by Gasteiger charge is -2.12. The Labute approximate surface area is 104 Å². The van der Waals surface area contributed by atoms with Crippen LogP contribution in [-0.4, -0.2) is 33.6 Å². The molecule has 6 nitrogen and oxygen atoms in total. The van der Waals surface area contributed by atoms with E-state index in [2.05, 4.69) is 14.7 Å². The lowest BCUT2D eigenvalue weighted by molar-refractivity contribution is -0.138. The summed E-state index contributed by atoms with van der Waals surface area (Å²) < 4.78 is 8.94. The van der Waals surface area contributed by atoms with Crippen LogP contribution in [-0.2, 0) is 16.1 Å². The first-order valence-electron chi connectivity index (χ1n) is 5.48. The molecule has 1 heterocycles. The molecule has 0 aliphatic heterocycles. The number of aliphatic carboxylic acids is 1. The van der Waals surface area contributed by atoms with Crippen LogP contribution >= 0.6 is 11.5 Å². The number of ether oxygens (including phenoxy) is 1. The number of hydrogen-bond acceptors (Lipinski definition) is 6. The molecule has 1 aromatic rings. The average Bonchev–Trinajstić information content (AvgIpc) is 2.72. The van der Waals surface area contributed by atoms with E-state index in [1.165, 1.54) is 0 Å². The van der Waals surface area contributed by atoms with Crippen molar-refractivity contribution in [3.8, 4) is 0 Å². The van der Waals surface area contributed by atoms with Crippen molar-refractivity contribution in [1.82, 2.24) is 9.36 Å². The van der Waals surface area contributed by atoms with Crippen LogP contribution in [0.2, 0.25) is 0 Å². The SMILES string of the molecule is CCCCC(Nc1nc(COC)ns1)C(=O)O. The third-order valence-electron chi connectivity index (χ3n) is 2.18. The first-order chi connectivity index (χ1) is 8.17. The van der Waals surface area contributed by atoms with E-state index in [-0.39, 0.29) is 0 Å². The summed E-state index contributed by atoms with van der Waals surface area (Å²) in [5, 5.41) is 12.5. The van der Waals surface area contributed by atoms with Crippen LogP contribution in [0.25, 0.3) is 0 Å². The van der Waals surface area contributed by atoms with Gasteiger partial charge in [-0.1, -0.05) is 19.8 Å². The van der Waals surface area contributed by atoms with Gasteiger partial charge in [0.2, 0.25) is 5.13 Å². The van der Waals surface area contributed by atoms with E-state index in [0.717, 1.165) is 24.4 Å². The Balaban J connectivity index is 2.55. The van der Waals surface area contributed by atoms with Gasteiger partial charge in [0.25, 0.3) is 0 Å².